The largest absolute Gasteiger partial charge is 0.478 e. The summed E-state index contributed by atoms with van der Waals surface area (Å²) in [7, 11) is 0. The third-order valence-corrected chi connectivity index (χ3v) is 6.67. The summed E-state index contributed by atoms with van der Waals surface area (Å²) in [5, 5.41) is 16.9. The molecule has 0 aliphatic heterocycles. The van der Waals surface area contributed by atoms with Crippen LogP contribution in [-0.2, 0) is 21.7 Å². The van der Waals surface area contributed by atoms with Gasteiger partial charge < -0.3 is 25.0 Å². The lowest BCUT2D eigenvalue weighted by atomic mass is 10.1. The first-order chi connectivity index (χ1) is 18.6. The Hall–Kier alpha value is -4.28. The van der Waals surface area contributed by atoms with Crippen molar-refractivity contribution in [3.8, 4) is 11.3 Å². The van der Waals surface area contributed by atoms with Crippen molar-refractivity contribution in [3.63, 3.8) is 0 Å². The average molecular weight is 547 g/mol. The van der Waals surface area contributed by atoms with Crippen LogP contribution in [0.5, 0.6) is 0 Å². The summed E-state index contributed by atoms with van der Waals surface area (Å²) in [6.45, 7) is 6.11. The summed E-state index contributed by atoms with van der Waals surface area (Å²) in [6.07, 6.45) is 3.56. The highest BCUT2D eigenvalue weighted by molar-refractivity contribution is 7.14. The van der Waals surface area contributed by atoms with Gasteiger partial charge in [-0.25, -0.2) is 9.78 Å². The molecule has 2 heterocycles. The molecule has 4 rings (SSSR count). The number of amides is 2. The van der Waals surface area contributed by atoms with Crippen molar-refractivity contribution >= 4 is 34.3 Å². The van der Waals surface area contributed by atoms with E-state index in [0.717, 1.165) is 16.8 Å². The first-order valence-corrected chi connectivity index (χ1v) is 13.2. The third-order valence-electron chi connectivity index (χ3n) is 5.91. The molecule has 9 nitrogen and oxygen atoms in total. The van der Waals surface area contributed by atoms with Gasteiger partial charge in [0.1, 0.15) is 6.04 Å². The van der Waals surface area contributed by atoms with Crippen LogP contribution in [-0.4, -0.2) is 45.1 Å². The average Bonchev–Trinajstić information content (AvgIpc) is 3.59. The molecule has 3 N–H and O–H groups in total. The van der Waals surface area contributed by atoms with E-state index < -0.39 is 23.8 Å². The van der Waals surface area contributed by atoms with Gasteiger partial charge in [0.25, 0.3) is 11.8 Å². The molecule has 1 atom stereocenters. The Bertz CT molecular complexity index is 1440. The monoisotopic (exact) mass is 546 g/mol. The molecular formula is C29H30N4O5S. The number of nitrogens with one attached hydrogen (secondary N) is 2. The molecule has 0 saturated heterocycles. The second-order valence-corrected chi connectivity index (χ2v) is 10.8. The Kier molecular flexibility index (Phi) is 8.58. The first kappa shape index (κ1) is 27.7. The van der Waals surface area contributed by atoms with Crippen molar-refractivity contribution in [3.05, 3.63) is 95.1 Å². The lowest BCUT2D eigenvalue weighted by molar-refractivity contribution is -0.119. The minimum atomic E-state index is -1.01. The molecule has 0 bridgehead atoms. The second-order valence-electron chi connectivity index (χ2n) is 9.91. The SMILES string of the molecule is CC(C)(C)n1ccc(C(=O)NC(COCc2ccc(C(=O)O)cc2)C(=O)Nc2nc(-c3ccccc3)cs2)c1. The number of carboxylic acid groups (broad SMARTS) is 1. The van der Waals surface area contributed by atoms with Gasteiger partial charge in [0.15, 0.2) is 5.13 Å². The smallest absolute Gasteiger partial charge is 0.335 e. The Labute approximate surface area is 230 Å². The topological polar surface area (TPSA) is 123 Å². The van der Waals surface area contributed by atoms with Crippen LogP contribution in [0.25, 0.3) is 11.3 Å². The number of thiazole rings is 1. The molecule has 0 radical (unpaired) electrons. The fourth-order valence-electron chi connectivity index (χ4n) is 3.68. The zero-order valence-electron chi connectivity index (χ0n) is 21.9. The minimum absolute atomic E-state index is 0.102. The number of hydrogen-bond donors (Lipinski definition) is 3. The van der Waals surface area contributed by atoms with E-state index in [1.54, 1.807) is 24.4 Å². The Morgan fingerprint density at radius 1 is 1.03 bits per heavy atom. The number of ether oxygens (including phenoxy) is 1. The zero-order valence-corrected chi connectivity index (χ0v) is 22.7. The van der Waals surface area contributed by atoms with Crippen LogP contribution in [0.1, 0.15) is 47.1 Å². The predicted octanol–water partition coefficient (Wildman–Crippen LogP) is 5.02. The number of carboxylic acids is 1. The molecule has 0 saturated carbocycles. The molecule has 4 aromatic rings. The van der Waals surface area contributed by atoms with Crippen molar-refractivity contribution in [1.29, 1.82) is 0 Å². The van der Waals surface area contributed by atoms with Crippen molar-refractivity contribution in [1.82, 2.24) is 14.9 Å². The molecule has 2 aromatic heterocycles. The van der Waals surface area contributed by atoms with Gasteiger partial charge in [0.05, 0.1) is 30.0 Å². The molecule has 0 aliphatic carbocycles. The van der Waals surface area contributed by atoms with Gasteiger partial charge >= 0.3 is 5.97 Å². The van der Waals surface area contributed by atoms with Gasteiger partial charge in [0, 0.05) is 28.9 Å². The standard InChI is InChI=1S/C29H30N4O5S/c1-29(2,3)33-14-13-22(15-33)25(34)30-23(17-38-16-19-9-11-21(12-10-19)27(36)37)26(35)32-28-31-24(18-39-28)20-7-5-4-6-8-20/h4-15,18,23H,16-17H2,1-3H3,(H,30,34)(H,36,37)(H,31,32,35). The normalized spacial score (nSPS) is 12.1. The maximum Gasteiger partial charge on any atom is 0.335 e. The maximum absolute atomic E-state index is 13.2. The highest BCUT2D eigenvalue weighted by Crippen LogP contribution is 2.24. The molecule has 0 aliphatic rings. The van der Waals surface area contributed by atoms with Gasteiger partial charge in [0.2, 0.25) is 0 Å². The van der Waals surface area contributed by atoms with E-state index in [-0.39, 0.29) is 24.3 Å². The zero-order chi connectivity index (χ0) is 28.0. The molecule has 202 valence electrons. The van der Waals surface area contributed by atoms with Crippen LogP contribution in [0.3, 0.4) is 0 Å². The first-order valence-electron chi connectivity index (χ1n) is 12.3. The van der Waals surface area contributed by atoms with Crippen molar-refractivity contribution in [2.45, 2.75) is 39.0 Å². The van der Waals surface area contributed by atoms with Crippen molar-refractivity contribution < 1.29 is 24.2 Å². The summed E-state index contributed by atoms with van der Waals surface area (Å²) in [4.78, 5) is 41.9. The number of anilines is 1. The van der Waals surface area contributed by atoms with E-state index in [4.69, 9.17) is 9.84 Å². The highest BCUT2D eigenvalue weighted by Gasteiger charge is 2.24. The fourth-order valence-corrected chi connectivity index (χ4v) is 4.40. The molecular weight excluding hydrogens is 516 g/mol. The number of carbonyl (C=O) groups is 3. The Morgan fingerprint density at radius 2 is 1.74 bits per heavy atom. The van der Waals surface area contributed by atoms with Crippen LogP contribution < -0.4 is 10.6 Å². The molecule has 0 fully saturated rings. The van der Waals surface area contributed by atoms with Gasteiger partial charge in [-0.15, -0.1) is 11.3 Å². The third kappa shape index (κ3) is 7.40. The van der Waals surface area contributed by atoms with E-state index in [9.17, 15) is 14.4 Å². The number of hydrogen-bond acceptors (Lipinski definition) is 6. The van der Waals surface area contributed by atoms with Gasteiger partial charge in [-0.3, -0.25) is 9.59 Å². The van der Waals surface area contributed by atoms with Gasteiger partial charge in [-0.05, 0) is 44.5 Å². The minimum Gasteiger partial charge on any atom is -0.478 e. The highest BCUT2D eigenvalue weighted by atomic mass is 32.1. The summed E-state index contributed by atoms with van der Waals surface area (Å²) >= 11 is 1.29. The number of nitrogens with zero attached hydrogens (tertiary/aromatic N) is 2. The number of aromatic carboxylic acids is 1. The van der Waals surface area contributed by atoms with Crippen LogP contribution in [0, 0.1) is 0 Å². The molecule has 10 heteroatoms. The molecule has 39 heavy (non-hydrogen) atoms. The summed E-state index contributed by atoms with van der Waals surface area (Å²) in [6, 6.07) is 16.6. The van der Waals surface area contributed by atoms with Crippen LogP contribution in [0.15, 0.2) is 78.4 Å². The quantitative estimate of drug-likeness (QED) is 0.257. The number of aromatic nitrogens is 2. The molecule has 0 spiro atoms. The van der Waals surface area contributed by atoms with Crippen LogP contribution >= 0.6 is 11.3 Å². The maximum atomic E-state index is 13.2. The molecule has 1 unspecified atom stereocenters. The van der Waals surface area contributed by atoms with Crippen LogP contribution in [0.2, 0.25) is 0 Å². The van der Waals surface area contributed by atoms with E-state index >= 15 is 0 Å². The second kappa shape index (κ2) is 12.1. The predicted molar refractivity (Wildman–Crippen MR) is 150 cm³/mol. The Morgan fingerprint density at radius 3 is 2.38 bits per heavy atom. The number of carbonyl (C=O) groups excluding carboxylic acids is 2. The van der Waals surface area contributed by atoms with E-state index in [2.05, 4.69) is 15.6 Å². The number of benzene rings is 2. The van der Waals surface area contributed by atoms with Gasteiger partial charge in [-0.1, -0.05) is 42.5 Å². The lowest BCUT2D eigenvalue weighted by Gasteiger charge is -2.21. The Balaban J connectivity index is 1.45. The summed E-state index contributed by atoms with van der Waals surface area (Å²) in [5.74, 6) is -1.88. The van der Waals surface area contributed by atoms with E-state index in [0.29, 0.717) is 10.7 Å². The molecule has 2 amide bonds. The fraction of sp³-hybridized carbons (Fsp3) is 0.241. The summed E-state index contributed by atoms with van der Waals surface area (Å²) in [5.41, 5.74) is 2.80. The lowest BCUT2D eigenvalue weighted by Crippen LogP contribution is -2.46. The van der Waals surface area contributed by atoms with E-state index in [1.807, 2.05) is 67.2 Å². The molecule has 2 aromatic carbocycles. The number of rotatable bonds is 10. The van der Waals surface area contributed by atoms with E-state index in [1.165, 1.54) is 23.5 Å². The van der Waals surface area contributed by atoms with Crippen molar-refractivity contribution in [2.24, 2.45) is 0 Å². The van der Waals surface area contributed by atoms with Gasteiger partial charge in [-0.2, -0.15) is 0 Å². The van der Waals surface area contributed by atoms with Crippen LogP contribution in [0.4, 0.5) is 5.13 Å². The van der Waals surface area contributed by atoms with Crippen molar-refractivity contribution in [2.75, 3.05) is 11.9 Å². The summed E-state index contributed by atoms with van der Waals surface area (Å²) < 4.78 is 7.69.